The summed E-state index contributed by atoms with van der Waals surface area (Å²) in [7, 11) is 0. The van der Waals surface area contributed by atoms with Crippen LogP contribution in [-0.4, -0.2) is 35.6 Å². The first-order valence-corrected chi connectivity index (χ1v) is 5.26. The molecule has 0 aliphatic carbocycles. The van der Waals surface area contributed by atoms with Gasteiger partial charge in [0.15, 0.2) is 0 Å². The number of hydrogen-bond donors (Lipinski definition) is 3. The summed E-state index contributed by atoms with van der Waals surface area (Å²) < 4.78 is 5.56. The highest BCUT2D eigenvalue weighted by molar-refractivity contribution is 9.10. The van der Waals surface area contributed by atoms with Crippen LogP contribution in [0.1, 0.15) is 0 Å². The van der Waals surface area contributed by atoms with Gasteiger partial charge in [-0.05, 0) is 15.9 Å². The van der Waals surface area contributed by atoms with Crippen molar-refractivity contribution in [3.8, 4) is 0 Å². The van der Waals surface area contributed by atoms with E-state index in [9.17, 15) is 4.79 Å². The van der Waals surface area contributed by atoms with Crippen molar-refractivity contribution in [1.82, 2.24) is 9.97 Å². The van der Waals surface area contributed by atoms with Crippen LogP contribution in [0, 0.1) is 0 Å². The summed E-state index contributed by atoms with van der Waals surface area (Å²) in [5.41, 5.74) is 10.5. The SMILES string of the molecule is NC(=O)COCCNc1ncnc(N)c1Br. The van der Waals surface area contributed by atoms with Gasteiger partial charge < -0.3 is 21.5 Å². The van der Waals surface area contributed by atoms with Crippen LogP contribution in [0.3, 0.4) is 0 Å². The molecule has 0 aliphatic heterocycles. The maximum absolute atomic E-state index is 10.4. The van der Waals surface area contributed by atoms with Gasteiger partial charge in [-0.1, -0.05) is 0 Å². The van der Waals surface area contributed by atoms with Crippen molar-refractivity contribution >= 4 is 33.5 Å². The summed E-state index contributed by atoms with van der Waals surface area (Å²) >= 11 is 3.25. The Morgan fingerprint density at radius 1 is 1.56 bits per heavy atom. The van der Waals surface area contributed by atoms with Gasteiger partial charge in [0.1, 0.15) is 29.0 Å². The Morgan fingerprint density at radius 3 is 3.00 bits per heavy atom. The van der Waals surface area contributed by atoms with Gasteiger partial charge in [0.05, 0.1) is 6.61 Å². The number of ether oxygens (including phenoxy) is 1. The molecule has 1 heterocycles. The minimum atomic E-state index is -0.493. The van der Waals surface area contributed by atoms with Gasteiger partial charge in [0, 0.05) is 6.54 Å². The highest BCUT2D eigenvalue weighted by Crippen LogP contribution is 2.23. The number of rotatable bonds is 6. The fraction of sp³-hybridized carbons (Fsp3) is 0.375. The molecule has 1 aromatic heterocycles. The number of nitrogen functional groups attached to an aromatic ring is 1. The average molecular weight is 290 g/mol. The molecule has 0 bridgehead atoms. The Bertz CT molecular complexity index is 373. The molecule has 7 nitrogen and oxygen atoms in total. The second-order valence-corrected chi connectivity index (χ2v) is 3.66. The number of nitrogens with zero attached hydrogens (tertiary/aromatic N) is 2. The van der Waals surface area contributed by atoms with Gasteiger partial charge in [0.25, 0.3) is 0 Å². The van der Waals surface area contributed by atoms with Gasteiger partial charge in [-0.2, -0.15) is 0 Å². The molecule has 1 amide bonds. The number of carbonyl (C=O) groups excluding carboxylic acids is 1. The van der Waals surface area contributed by atoms with Crippen LogP contribution >= 0.6 is 15.9 Å². The molecule has 5 N–H and O–H groups in total. The lowest BCUT2D eigenvalue weighted by Crippen LogP contribution is -2.20. The van der Waals surface area contributed by atoms with Crippen LogP contribution in [0.25, 0.3) is 0 Å². The first-order chi connectivity index (χ1) is 7.61. The maximum atomic E-state index is 10.4. The molecule has 0 saturated carbocycles. The van der Waals surface area contributed by atoms with E-state index in [0.29, 0.717) is 29.3 Å². The maximum Gasteiger partial charge on any atom is 0.243 e. The smallest absolute Gasteiger partial charge is 0.243 e. The first-order valence-electron chi connectivity index (χ1n) is 4.47. The highest BCUT2D eigenvalue weighted by Gasteiger charge is 2.04. The van der Waals surface area contributed by atoms with E-state index >= 15 is 0 Å². The van der Waals surface area contributed by atoms with E-state index in [-0.39, 0.29) is 6.61 Å². The lowest BCUT2D eigenvalue weighted by molar-refractivity contribution is -0.122. The molecule has 88 valence electrons. The second kappa shape index (κ2) is 6.23. The summed E-state index contributed by atoms with van der Waals surface area (Å²) in [6.07, 6.45) is 1.35. The van der Waals surface area contributed by atoms with Crippen molar-refractivity contribution < 1.29 is 9.53 Å². The molecule has 0 aliphatic rings. The molecule has 0 unspecified atom stereocenters. The lowest BCUT2D eigenvalue weighted by atomic mass is 10.5. The topological polar surface area (TPSA) is 116 Å². The summed E-state index contributed by atoms with van der Waals surface area (Å²) in [6.45, 7) is 0.746. The van der Waals surface area contributed by atoms with Crippen molar-refractivity contribution in [3.63, 3.8) is 0 Å². The van der Waals surface area contributed by atoms with Crippen LogP contribution in [0.4, 0.5) is 11.6 Å². The third-order valence-electron chi connectivity index (χ3n) is 1.60. The zero-order chi connectivity index (χ0) is 12.0. The summed E-state index contributed by atoms with van der Waals surface area (Å²) in [4.78, 5) is 18.1. The molecule has 0 atom stereocenters. The van der Waals surface area contributed by atoms with Crippen molar-refractivity contribution in [2.24, 2.45) is 5.73 Å². The van der Waals surface area contributed by atoms with E-state index in [2.05, 4.69) is 31.2 Å². The molecule has 16 heavy (non-hydrogen) atoms. The van der Waals surface area contributed by atoms with Crippen LogP contribution in [0.5, 0.6) is 0 Å². The number of hydrogen-bond acceptors (Lipinski definition) is 6. The molecule has 0 fully saturated rings. The summed E-state index contributed by atoms with van der Waals surface area (Å²) in [6, 6.07) is 0. The fourth-order valence-electron chi connectivity index (χ4n) is 0.921. The molecular formula is C8H12BrN5O2. The van der Waals surface area contributed by atoms with Crippen molar-refractivity contribution in [3.05, 3.63) is 10.8 Å². The molecular weight excluding hydrogens is 278 g/mol. The average Bonchev–Trinajstić information content (AvgIpc) is 2.23. The minimum absolute atomic E-state index is 0.0885. The Kier molecular flexibility index (Phi) is 4.93. The summed E-state index contributed by atoms with van der Waals surface area (Å²) in [5, 5.41) is 2.97. The first kappa shape index (κ1) is 12.7. The molecule has 0 aromatic carbocycles. The highest BCUT2D eigenvalue weighted by atomic mass is 79.9. The number of carbonyl (C=O) groups is 1. The fourth-order valence-corrected chi connectivity index (χ4v) is 1.27. The zero-order valence-corrected chi connectivity index (χ0v) is 10.0. The molecule has 1 rings (SSSR count). The van der Waals surface area contributed by atoms with E-state index in [4.69, 9.17) is 16.2 Å². The second-order valence-electron chi connectivity index (χ2n) is 2.87. The predicted octanol–water partition coefficient (Wildman–Crippen LogP) is -0.265. The molecule has 1 aromatic rings. The van der Waals surface area contributed by atoms with E-state index in [1.54, 1.807) is 0 Å². The molecule has 0 radical (unpaired) electrons. The largest absolute Gasteiger partial charge is 0.383 e. The van der Waals surface area contributed by atoms with Gasteiger partial charge >= 0.3 is 0 Å². The van der Waals surface area contributed by atoms with E-state index in [1.165, 1.54) is 6.33 Å². The van der Waals surface area contributed by atoms with Crippen LogP contribution < -0.4 is 16.8 Å². The third kappa shape index (κ3) is 3.99. The van der Waals surface area contributed by atoms with Crippen LogP contribution in [0.2, 0.25) is 0 Å². The van der Waals surface area contributed by atoms with E-state index < -0.39 is 5.91 Å². The third-order valence-corrected chi connectivity index (χ3v) is 2.38. The zero-order valence-electron chi connectivity index (χ0n) is 8.44. The molecule has 8 heteroatoms. The Labute approximate surface area is 101 Å². The van der Waals surface area contributed by atoms with Gasteiger partial charge in [-0.15, -0.1) is 0 Å². The van der Waals surface area contributed by atoms with Crippen LogP contribution in [-0.2, 0) is 9.53 Å². The number of primary amides is 1. The number of nitrogens with two attached hydrogens (primary N) is 2. The number of aromatic nitrogens is 2. The minimum Gasteiger partial charge on any atom is -0.383 e. The lowest BCUT2D eigenvalue weighted by Gasteiger charge is -2.07. The van der Waals surface area contributed by atoms with Gasteiger partial charge in [-0.3, -0.25) is 4.79 Å². The van der Waals surface area contributed by atoms with Gasteiger partial charge in [0.2, 0.25) is 5.91 Å². The van der Waals surface area contributed by atoms with E-state index in [0.717, 1.165) is 0 Å². The molecule has 0 spiro atoms. The Balaban J connectivity index is 2.32. The number of halogens is 1. The van der Waals surface area contributed by atoms with Crippen molar-refractivity contribution in [2.75, 3.05) is 30.8 Å². The Morgan fingerprint density at radius 2 is 2.31 bits per heavy atom. The number of amides is 1. The van der Waals surface area contributed by atoms with Crippen molar-refractivity contribution in [2.45, 2.75) is 0 Å². The van der Waals surface area contributed by atoms with Gasteiger partial charge in [-0.25, -0.2) is 9.97 Å². The number of anilines is 2. The van der Waals surface area contributed by atoms with Crippen molar-refractivity contribution in [1.29, 1.82) is 0 Å². The predicted molar refractivity (Wildman–Crippen MR) is 62.6 cm³/mol. The number of nitrogens with one attached hydrogen (secondary N) is 1. The summed E-state index contributed by atoms with van der Waals surface area (Å²) in [5.74, 6) is 0.443. The normalized spacial score (nSPS) is 10.1. The van der Waals surface area contributed by atoms with E-state index in [1.807, 2.05) is 0 Å². The monoisotopic (exact) mass is 289 g/mol. The molecule has 0 saturated heterocycles. The standard InChI is InChI=1S/C8H12BrN5O2/c9-6-7(11)13-4-14-8(6)12-1-2-16-3-5(10)15/h4H,1-3H2,(H2,10,15)(H3,11,12,13,14). The Hall–Kier alpha value is -1.41. The van der Waals surface area contributed by atoms with Crippen LogP contribution in [0.15, 0.2) is 10.8 Å². The quantitative estimate of drug-likeness (QED) is 0.621.